The van der Waals surface area contributed by atoms with Crippen LogP contribution in [0.2, 0.25) is 0 Å². The zero-order valence-corrected chi connectivity index (χ0v) is 28.7. The fourth-order valence-electron chi connectivity index (χ4n) is 6.21. The monoisotopic (exact) mass is 640 g/mol. The van der Waals surface area contributed by atoms with Gasteiger partial charge < -0.3 is 4.98 Å². The third kappa shape index (κ3) is 7.26. The topological polar surface area (TPSA) is 144 Å². The van der Waals surface area contributed by atoms with E-state index in [0.717, 1.165) is 46.1 Å². The zero-order chi connectivity index (χ0) is 34.9. The van der Waals surface area contributed by atoms with Crippen molar-refractivity contribution in [2.45, 2.75) is 92.5 Å². The second-order valence-corrected chi connectivity index (χ2v) is 13.3. The first-order valence-electron chi connectivity index (χ1n) is 16.0. The number of hydrogen-bond donors (Lipinski definition) is 2. The minimum Gasteiger partial charge on any atom is -0.304 e. The molecule has 4 aromatic rings. The van der Waals surface area contributed by atoms with E-state index in [1.165, 1.54) is 7.05 Å². The van der Waals surface area contributed by atoms with Crippen LogP contribution in [0.15, 0.2) is 55.6 Å². The summed E-state index contributed by atoms with van der Waals surface area (Å²) in [5, 5.41) is 0. The number of hydrogen-bond acceptors (Lipinski definition) is 6. The van der Waals surface area contributed by atoms with Gasteiger partial charge in [0.05, 0.1) is 5.69 Å². The van der Waals surface area contributed by atoms with Crippen molar-refractivity contribution in [3.8, 4) is 0 Å². The number of carbonyl (C=O) groups is 2. The van der Waals surface area contributed by atoms with E-state index in [1.54, 1.807) is 30.5 Å². The van der Waals surface area contributed by atoms with Crippen LogP contribution >= 0.6 is 0 Å². The summed E-state index contributed by atoms with van der Waals surface area (Å²) in [7, 11) is 1.50. The van der Waals surface area contributed by atoms with Crippen LogP contribution in [0.4, 0.5) is 0 Å². The van der Waals surface area contributed by atoms with Gasteiger partial charge in [0, 0.05) is 35.3 Å². The lowest BCUT2D eigenvalue weighted by atomic mass is 9.90. The average Bonchev–Trinajstić information content (AvgIpc) is 2.94. The average molecular weight is 641 g/mol. The summed E-state index contributed by atoms with van der Waals surface area (Å²) in [5.41, 5.74) is 4.04. The molecule has 0 unspecified atom stereocenters. The zero-order valence-electron chi connectivity index (χ0n) is 28.7. The molecule has 2 aromatic heterocycles. The van der Waals surface area contributed by atoms with Crippen LogP contribution in [0.3, 0.4) is 0 Å². The molecule has 0 saturated heterocycles. The first kappa shape index (κ1) is 35.0. The van der Waals surface area contributed by atoms with Crippen molar-refractivity contribution in [3.63, 3.8) is 0 Å². The van der Waals surface area contributed by atoms with Crippen LogP contribution < -0.4 is 22.5 Å². The highest BCUT2D eigenvalue weighted by atomic mass is 16.2. The summed E-state index contributed by atoms with van der Waals surface area (Å²) in [6.45, 7) is 15.1. The normalized spacial score (nSPS) is 12.9. The Kier molecular flexibility index (Phi) is 10.3. The molecule has 1 saturated carbocycles. The number of aryl methyl sites for hydroxylation is 4. The highest BCUT2D eigenvalue weighted by molar-refractivity contribution is 6.09. The number of rotatable bonds is 7. The number of aromatic nitrogens is 4. The van der Waals surface area contributed by atoms with Crippen LogP contribution in [-0.4, -0.2) is 30.7 Å². The van der Waals surface area contributed by atoms with E-state index in [2.05, 4.69) is 9.97 Å². The van der Waals surface area contributed by atoms with Gasteiger partial charge in [0.2, 0.25) is 11.6 Å². The molecule has 5 rings (SSSR count). The number of nitrogens with zero attached hydrogens (tertiary/aromatic N) is 2. The van der Waals surface area contributed by atoms with Crippen LogP contribution in [0.1, 0.15) is 130 Å². The number of benzene rings is 2. The minimum absolute atomic E-state index is 0.00310. The first-order chi connectivity index (χ1) is 22.0. The van der Waals surface area contributed by atoms with E-state index in [4.69, 9.17) is 0 Å². The second kappa shape index (κ2) is 13.9. The van der Waals surface area contributed by atoms with E-state index >= 15 is 0 Å². The smallest absolute Gasteiger partial charge is 0.304 e. The molecule has 2 heterocycles. The molecular formula is C37H44N4O6. The van der Waals surface area contributed by atoms with Crippen molar-refractivity contribution < 1.29 is 9.59 Å². The number of carbonyl (C=O) groups excluding carboxylic acids is 2. The lowest BCUT2D eigenvalue weighted by molar-refractivity contribution is 0.101. The summed E-state index contributed by atoms with van der Waals surface area (Å²) in [6, 6.07) is 11.1. The van der Waals surface area contributed by atoms with Gasteiger partial charge in [0.15, 0.2) is 0 Å². The van der Waals surface area contributed by atoms with Crippen molar-refractivity contribution in [2.75, 3.05) is 0 Å². The molecule has 0 spiro atoms. The SMILES string of the molecule is Cc1cc(C)cc(C(=O)c2[nH]c(=O)[nH]c(=O)c2C(C)C)c1.Cc1cc(C)cc(C(=O)c2c(C(C)C)c(=O)n(C)c(=O)n2C2CCC2)c1. The molecule has 0 aliphatic heterocycles. The Hall–Kier alpha value is -4.86. The van der Waals surface area contributed by atoms with Gasteiger partial charge in [0.25, 0.3) is 11.1 Å². The van der Waals surface area contributed by atoms with E-state index in [0.29, 0.717) is 22.3 Å². The van der Waals surface area contributed by atoms with Crippen molar-refractivity contribution >= 4 is 11.6 Å². The molecule has 2 aromatic carbocycles. The lowest BCUT2D eigenvalue weighted by Crippen LogP contribution is -2.46. The maximum Gasteiger partial charge on any atom is 0.331 e. The van der Waals surface area contributed by atoms with Crippen LogP contribution in [0.25, 0.3) is 0 Å². The Morgan fingerprint density at radius 1 is 0.702 bits per heavy atom. The predicted molar refractivity (Wildman–Crippen MR) is 183 cm³/mol. The van der Waals surface area contributed by atoms with Gasteiger partial charge in [-0.2, -0.15) is 0 Å². The second-order valence-electron chi connectivity index (χ2n) is 13.3. The van der Waals surface area contributed by atoms with Gasteiger partial charge in [-0.25, -0.2) is 9.59 Å². The Bertz CT molecular complexity index is 2060. The molecule has 0 amide bonds. The van der Waals surface area contributed by atoms with Gasteiger partial charge in [-0.1, -0.05) is 62.1 Å². The maximum absolute atomic E-state index is 13.4. The summed E-state index contributed by atoms with van der Waals surface area (Å²) in [4.78, 5) is 79.9. The molecular weight excluding hydrogens is 596 g/mol. The molecule has 2 N–H and O–H groups in total. The van der Waals surface area contributed by atoms with Crippen molar-refractivity contribution in [1.82, 2.24) is 19.1 Å². The molecule has 1 aliphatic carbocycles. The van der Waals surface area contributed by atoms with E-state index in [-0.39, 0.29) is 46.4 Å². The van der Waals surface area contributed by atoms with Crippen LogP contribution in [0, 0.1) is 27.7 Å². The van der Waals surface area contributed by atoms with Crippen LogP contribution in [-0.2, 0) is 7.05 Å². The Morgan fingerprint density at radius 3 is 1.60 bits per heavy atom. The predicted octanol–water partition coefficient (Wildman–Crippen LogP) is 5.28. The fourth-order valence-corrected chi connectivity index (χ4v) is 6.21. The summed E-state index contributed by atoms with van der Waals surface area (Å²) in [5.74, 6) is -0.892. The summed E-state index contributed by atoms with van der Waals surface area (Å²) < 4.78 is 2.73. The van der Waals surface area contributed by atoms with Gasteiger partial charge in [-0.3, -0.25) is 33.3 Å². The maximum atomic E-state index is 13.4. The molecule has 10 nitrogen and oxygen atoms in total. The molecule has 47 heavy (non-hydrogen) atoms. The molecule has 10 heteroatoms. The quantitative estimate of drug-likeness (QED) is 0.263. The molecule has 248 valence electrons. The Balaban J connectivity index is 0.000000218. The van der Waals surface area contributed by atoms with Crippen molar-refractivity contribution in [3.05, 3.63) is 134 Å². The largest absolute Gasteiger partial charge is 0.331 e. The lowest BCUT2D eigenvalue weighted by Gasteiger charge is -2.31. The molecule has 0 bridgehead atoms. The van der Waals surface area contributed by atoms with E-state index in [9.17, 15) is 28.8 Å². The Labute approximate surface area is 273 Å². The van der Waals surface area contributed by atoms with E-state index < -0.39 is 16.9 Å². The first-order valence-corrected chi connectivity index (χ1v) is 16.0. The highest BCUT2D eigenvalue weighted by Gasteiger charge is 2.31. The fraction of sp³-hybridized carbons (Fsp3) is 0.405. The minimum atomic E-state index is -0.669. The van der Waals surface area contributed by atoms with Gasteiger partial charge in [-0.05, 0) is 83.1 Å². The standard InChI is InChI=1S/C21H26N2O3.C16H18N2O3/c1-12(2)17-18(19(24)15-10-13(3)9-14(4)11-15)23(16-7-6-8-16)21(26)22(5)20(17)25;1-8(2)12-13(17-16(21)18-15(12)20)14(19)11-6-9(3)5-10(4)7-11/h9-12,16H,6-8H2,1-5H3;5-8H,1-4H3,(H2,17,18,20,21). The number of ketones is 2. The summed E-state index contributed by atoms with van der Waals surface area (Å²) >= 11 is 0. The van der Waals surface area contributed by atoms with Gasteiger partial charge >= 0.3 is 11.4 Å². The Morgan fingerprint density at radius 2 is 1.17 bits per heavy atom. The summed E-state index contributed by atoms with van der Waals surface area (Å²) in [6.07, 6.45) is 2.76. The molecule has 1 aliphatic rings. The number of H-pyrrole nitrogens is 2. The number of aromatic amines is 2. The van der Waals surface area contributed by atoms with Gasteiger partial charge in [-0.15, -0.1) is 0 Å². The van der Waals surface area contributed by atoms with Crippen LogP contribution in [0.5, 0.6) is 0 Å². The van der Waals surface area contributed by atoms with E-state index in [1.807, 2.05) is 65.8 Å². The molecule has 0 atom stereocenters. The molecule has 0 radical (unpaired) electrons. The van der Waals surface area contributed by atoms with Crippen molar-refractivity contribution in [2.24, 2.45) is 7.05 Å². The third-order valence-electron chi connectivity index (χ3n) is 8.51. The highest BCUT2D eigenvalue weighted by Crippen LogP contribution is 2.33. The molecule has 1 fully saturated rings. The number of nitrogens with one attached hydrogen (secondary N) is 2. The third-order valence-corrected chi connectivity index (χ3v) is 8.51. The van der Waals surface area contributed by atoms with Crippen molar-refractivity contribution in [1.29, 1.82) is 0 Å². The van der Waals surface area contributed by atoms with Gasteiger partial charge in [0.1, 0.15) is 5.69 Å².